The summed E-state index contributed by atoms with van der Waals surface area (Å²) in [5, 5.41) is 12.2. The number of amides is 1. The third-order valence-electron chi connectivity index (χ3n) is 3.25. The fourth-order valence-corrected chi connectivity index (χ4v) is 2.30. The summed E-state index contributed by atoms with van der Waals surface area (Å²) in [6.07, 6.45) is 1.50. The molecular formula is C13H19N3O2. The lowest BCUT2D eigenvalue weighted by molar-refractivity contribution is 0.0963. The second kappa shape index (κ2) is 5.27. The molecule has 0 bridgehead atoms. The molecule has 0 spiro atoms. The first-order valence-electron chi connectivity index (χ1n) is 6.16. The van der Waals surface area contributed by atoms with Crippen LogP contribution < -0.4 is 16.0 Å². The van der Waals surface area contributed by atoms with Crippen LogP contribution in [0.1, 0.15) is 23.2 Å². The Balaban J connectivity index is 2.21. The molecule has 1 aromatic rings. The van der Waals surface area contributed by atoms with E-state index >= 15 is 0 Å². The smallest absolute Gasteiger partial charge is 0.251 e. The molecule has 0 aromatic heterocycles. The van der Waals surface area contributed by atoms with Crippen LogP contribution in [0.25, 0.3) is 0 Å². The molecule has 98 valence electrons. The number of rotatable bonds is 2. The van der Waals surface area contributed by atoms with Crippen molar-refractivity contribution in [2.75, 3.05) is 30.8 Å². The van der Waals surface area contributed by atoms with Crippen LogP contribution in [0.5, 0.6) is 0 Å². The zero-order valence-electron chi connectivity index (χ0n) is 10.5. The van der Waals surface area contributed by atoms with E-state index < -0.39 is 0 Å². The van der Waals surface area contributed by atoms with E-state index in [2.05, 4.69) is 10.2 Å². The number of β-amino-alcohol motifs (C(OH)–C–C–N with tert-alkyl or cyclic N) is 1. The van der Waals surface area contributed by atoms with Crippen molar-refractivity contribution in [1.29, 1.82) is 0 Å². The highest BCUT2D eigenvalue weighted by atomic mass is 16.3. The number of hydrogen-bond donors (Lipinski definition) is 3. The number of aliphatic hydroxyl groups excluding tert-OH is 1. The van der Waals surface area contributed by atoms with Gasteiger partial charge in [-0.3, -0.25) is 4.79 Å². The highest BCUT2D eigenvalue weighted by Crippen LogP contribution is 2.27. The quantitative estimate of drug-likeness (QED) is 0.670. The number of nitrogens with zero attached hydrogens (tertiary/aromatic N) is 1. The van der Waals surface area contributed by atoms with Crippen LogP contribution in [0.3, 0.4) is 0 Å². The molecule has 4 N–H and O–H groups in total. The van der Waals surface area contributed by atoms with Gasteiger partial charge in [0.25, 0.3) is 5.91 Å². The number of aliphatic hydroxyl groups is 1. The van der Waals surface area contributed by atoms with Crippen molar-refractivity contribution in [1.82, 2.24) is 5.32 Å². The average Bonchev–Trinajstić information content (AvgIpc) is 2.37. The van der Waals surface area contributed by atoms with Gasteiger partial charge >= 0.3 is 0 Å². The molecule has 0 radical (unpaired) electrons. The third-order valence-corrected chi connectivity index (χ3v) is 3.25. The second-order valence-corrected chi connectivity index (χ2v) is 4.59. The molecule has 1 aliphatic heterocycles. The minimum atomic E-state index is -0.295. The van der Waals surface area contributed by atoms with E-state index in [0.717, 1.165) is 25.1 Å². The molecule has 1 fully saturated rings. The predicted octanol–water partition coefficient (Wildman–Crippen LogP) is 0.590. The van der Waals surface area contributed by atoms with Gasteiger partial charge in [-0.05, 0) is 31.0 Å². The largest absolute Gasteiger partial charge is 0.397 e. The lowest BCUT2D eigenvalue weighted by atomic mass is 10.1. The van der Waals surface area contributed by atoms with Gasteiger partial charge in [-0.1, -0.05) is 0 Å². The van der Waals surface area contributed by atoms with Crippen molar-refractivity contribution in [3.8, 4) is 0 Å². The molecule has 18 heavy (non-hydrogen) atoms. The molecule has 1 heterocycles. The van der Waals surface area contributed by atoms with Crippen LogP contribution in [0.4, 0.5) is 11.4 Å². The van der Waals surface area contributed by atoms with E-state index in [-0.39, 0.29) is 12.0 Å². The summed E-state index contributed by atoms with van der Waals surface area (Å²) >= 11 is 0. The van der Waals surface area contributed by atoms with Crippen LogP contribution in [-0.2, 0) is 0 Å². The summed E-state index contributed by atoms with van der Waals surface area (Å²) in [6, 6.07) is 5.28. The number of carbonyl (C=O) groups is 1. The fourth-order valence-electron chi connectivity index (χ4n) is 2.30. The number of hydrogen-bond acceptors (Lipinski definition) is 4. The summed E-state index contributed by atoms with van der Waals surface area (Å²) in [5.41, 5.74) is 8.00. The first-order valence-corrected chi connectivity index (χ1v) is 6.16. The minimum absolute atomic E-state index is 0.146. The van der Waals surface area contributed by atoms with Crippen LogP contribution in [0.15, 0.2) is 18.2 Å². The summed E-state index contributed by atoms with van der Waals surface area (Å²) in [4.78, 5) is 13.6. The molecular weight excluding hydrogens is 230 g/mol. The number of carbonyl (C=O) groups excluding carboxylic acids is 1. The summed E-state index contributed by atoms with van der Waals surface area (Å²) < 4.78 is 0. The van der Waals surface area contributed by atoms with Crippen molar-refractivity contribution in [2.45, 2.75) is 18.9 Å². The summed E-state index contributed by atoms with van der Waals surface area (Å²) in [7, 11) is 1.59. The Kier molecular flexibility index (Phi) is 3.72. The molecule has 0 aliphatic carbocycles. The lowest BCUT2D eigenvalue weighted by Gasteiger charge is -2.32. The van der Waals surface area contributed by atoms with Gasteiger partial charge in [-0.25, -0.2) is 0 Å². The maximum absolute atomic E-state index is 11.5. The van der Waals surface area contributed by atoms with Crippen LogP contribution in [-0.4, -0.2) is 37.3 Å². The highest BCUT2D eigenvalue weighted by molar-refractivity contribution is 5.96. The van der Waals surface area contributed by atoms with Crippen LogP contribution in [0.2, 0.25) is 0 Å². The Morgan fingerprint density at radius 2 is 2.33 bits per heavy atom. The molecule has 5 heteroatoms. The minimum Gasteiger partial charge on any atom is -0.397 e. The van der Waals surface area contributed by atoms with E-state index in [0.29, 0.717) is 17.8 Å². The van der Waals surface area contributed by atoms with Crippen LogP contribution >= 0.6 is 0 Å². The molecule has 2 rings (SSSR count). The monoisotopic (exact) mass is 249 g/mol. The molecule has 1 aliphatic rings. The van der Waals surface area contributed by atoms with Gasteiger partial charge in [-0.2, -0.15) is 0 Å². The second-order valence-electron chi connectivity index (χ2n) is 4.59. The summed E-state index contributed by atoms with van der Waals surface area (Å²) in [6.45, 7) is 1.49. The van der Waals surface area contributed by atoms with Gasteiger partial charge in [0, 0.05) is 25.7 Å². The third kappa shape index (κ3) is 2.56. The number of nitrogens with one attached hydrogen (secondary N) is 1. The van der Waals surface area contributed by atoms with E-state index in [1.165, 1.54) is 0 Å². The number of piperidine rings is 1. The maximum Gasteiger partial charge on any atom is 0.251 e. The topological polar surface area (TPSA) is 78.6 Å². The van der Waals surface area contributed by atoms with E-state index in [1.54, 1.807) is 19.2 Å². The van der Waals surface area contributed by atoms with Gasteiger partial charge in [0.15, 0.2) is 0 Å². The highest BCUT2D eigenvalue weighted by Gasteiger charge is 2.19. The van der Waals surface area contributed by atoms with Crippen molar-refractivity contribution in [2.24, 2.45) is 0 Å². The predicted molar refractivity (Wildman–Crippen MR) is 71.7 cm³/mol. The molecule has 1 aromatic carbocycles. The number of nitrogen functional groups attached to an aromatic ring is 1. The fraction of sp³-hybridized carbons (Fsp3) is 0.462. The molecule has 1 saturated heterocycles. The molecule has 1 atom stereocenters. The van der Waals surface area contributed by atoms with Gasteiger partial charge in [0.05, 0.1) is 17.5 Å². The van der Waals surface area contributed by atoms with Crippen LogP contribution in [0, 0.1) is 0 Å². The average molecular weight is 249 g/mol. The van der Waals surface area contributed by atoms with Gasteiger partial charge in [0.1, 0.15) is 0 Å². The lowest BCUT2D eigenvalue weighted by Crippen LogP contribution is -2.38. The first kappa shape index (κ1) is 12.7. The number of anilines is 2. The molecule has 5 nitrogen and oxygen atoms in total. The number of benzene rings is 1. The van der Waals surface area contributed by atoms with E-state index in [9.17, 15) is 9.90 Å². The molecule has 0 saturated carbocycles. The van der Waals surface area contributed by atoms with Gasteiger partial charge in [0.2, 0.25) is 0 Å². The first-order chi connectivity index (χ1) is 8.61. The standard InChI is InChI=1S/C13H19N3O2/c1-15-13(18)9-4-5-12(11(14)7-9)16-6-2-3-10(17)8-16/h4-5,7,10,17H,2-3,6,8,14H2,1H3,(H,15,18). The van der Waals surface area contributed by atoms with E-state index in [4.69, 9.17) is 5.73 Å². The van der Waals surface area contributed by atoms with E-state index in [1.807, 2.05) is 6.07 Å². The van der Waals surface area contributed by atoms with Crippen molar-refractivity contribution in [3.05, 3.63) is 23.8 Å². The van der Waals surface area contributed by atoms with Crippen molar-refractivity contribution >= 4 is 17.3 Å². The van der Waals surface area contributed by atoms with Gasteiger partial charge in [-0.15, -0.1) is 0 Å². The Morgan fingerprint density at radius 1 is 1.56 bits per heavy atom. The zero-order chi connectivity index (χ0) is 13.1. The Hall–Kier alpha value is -1.75. The maximum atomic E-state index is 11.5. The zero-order valence-corrected chi connectivity index (χ0v) is 10.5. The van der Waals surface area contributed by atoms with Gasteiger partial charge < -0.3 is 21.1 Å². The Bertz CT molecular complexity index is 448. The Labute approximate surface area is 107 Å². The number of nitrogens with two attached hydrogens (primary N) is 1. The summed E-state index contributed by atoms with van der Waals surface area (Å²) in [5.74, 6) is -0.146. The molecule has 1 amide bonds. The SMILES string of the molecule is CNC(=O)c1ccc(N2CCCC(O)C2)c(N)c1. The van der Waals surface area contributed by atoms with Crippen molar-refractivity contribution in [3.63, 3.8) is 0 Å². The normalized spacial score (nSPS) is 19.7. The van der Waals surface area contributed by atoms with Crippen molar-refractivity contribution < 1.29 is 9.90 Å². The molecule has 1 unspecified atom stereocenters. The Morgan fingerprint density at radius 3 is 2.94 bits per heavy atom.